The molecule has 446 valence electrons. The van der Waals surface area contributed by atoms with E-state index in [-0.39, 0.29) is 60.2 Å². The largest absolute Gasteiger partial charge is 0.493 e. The van der Waals surface area contributed by atoms with Crippen LogP contribution in [0.5, 0.6) is 11.5 Å². The molecule has 2 saturated heterocycles. The van der Waals surface area contributed by atoms with Gasteiger partial charge in [0.05, 0.1) is 36.4 Å². The third-order valence-corrected chi connectivity index (χ3v) is 16.9. The Hall–Kier alpha value is -6.37. The van der Waals surface area contributed by atoms with Gasteiger partial charge < -0.3 is 45.1 Å². The molecule has 3 aliphatic heterocycles. The van der Waals surface area contributed by atoms with Crippen LogP contribution in [-0.2, 0) is 39.9 Å². The number of benzene rings is 3. The first kappa shape index (κ1) is 61.7. The molecule has 7 amide bonds. The molecule has 8 rings (SSSR count). The Morgan fingerprint density at radius 1 is 0.695 bits per heavy atom. The molecule has 1 saturated carbocycles. The number of amides is 7. The van der Waals surface area contributed by atoms with Gasteiger partial charge in [-0.15, -0.1) is 0 Å². The van der Waals surface area contributed by atoms with Gasteiger partial charge >= 0.3 is 0 Å². The third kappa shape index (κ3) is 17.1. The van der Waals surface area contributed by atoms with Gasteiger partial charge in [-0.25, -0.2) is 0 Å². The maximum absolute atomic E-state index is 14.8. The molecule has 0 spiro atoms. The van der Waals surface area contributed by atoms with Crippen LogP contribution in [-0.4, -0.2) is 135 Å². The number of carbonyl (C=O) groups is 7. The van der Waals surface area contributed by atoms with E-state index in [0.717, 1.165) is 165 Å². The van der Waals surface area contributed by atoms with Crippen molar-refractivity contribution in [2.45, 2.75) is 191 Å². The molecule has 3 aromatic rings. The van der Waals surface area contributed by atoms with Gasteiger partial charge in [0.25, 0.3) is 11.8 Å². The van der Waals surface area contributed by atoms with E-state index in [1.807, 2.05) is 36.4 Å². The Balaban J connectivity index is 0.656. The Kier molecular flexibility index (Phi) is 24.0. The highest BCUT2D eigenvalue weighted by molar-refractivity contribution is 6.25. The van der Waals surface area contributed by atoms with Crippen molar-refractivity contribution in [3.05, 3.63) is 89.0 Å². The minimum Gasteiger partial charge on any atom is -0.493 e. The summed E-state index contributed by atoms with van der Waals surface area (Å²) in [6, 6.07) is 17.9. The number of likely N-dealkylation sites (tertiary alicyclic amines) is 1. The average Bonchev–Trinajstić information content (AvgIpc) is 4.26. The van der Waals surface area contributed by atoms with E-state index in [0.29, 0.717) is 36.8 Å². The molecule has 5 N–H and O–H groups in total. The van der Waals surface area contributed by atoms with Crippen LogP contribution in [0.3, 0.4) is 0 Å². The molecule has 18 heteroatoms. The van der Waals surface area contributed by atoms with Crippen molar-refractivity contribution in [1.29, 1.82) is 0 Å². The van der Waals surface area contributed by atoms with E-state index in [1.54, 1.807) is 37.1 Å². The topological polar surface area (TPSA) is 223 Å². The lowest BCUT2D eigenvalue weighted by atomic mass is 9.83. The standard InChI is InChI=1S/C64H89N7O11/c1-44(65-2)59(73)69-58(46-24-10-9-11-25-46)64(78)70-43-49(42-55(70)61(75)67-52-31-20-26-45-23-12-13-29-50(45)52)82-48-28-21-27-47(41-48)81-40-19-8-7-18-39-80-38-17-6-5-16-37-79-36-15-4-3-14-35-66-53-32-22-30-51-57(53)63(77)71(62(51)76)54-33-34-56(72)68-60(54)74/h12-13,21-23,27-30,32,41,44,46,49,52,54-55,58,65-66H,3-11,14-20,24-26,31,33-40,42-43H2,1-2H3,(H,67,75)(H,69,73)(H,68,72,74)/t44-,49-,52+,54?,55-,58-/m0/s1. The molecule has 3 fully saturated rings. The summed E-state index contributed by atoms with van der Waals surface area (Å²) in [7, 11) is 1.73. The molecule has 82 heavy (non-hydrogen) atoms. The second-order valence-corrected chi connectivity index (χ2v) is 22.9. The van der Waals surface area contributed by atoms with Crippen molar-refractivity contribution in [2.24, 2.45) is 5.92 Å². The second kappa shape index (κ2) is 31.9. The summed E-state index contributed by atoms with van der Waals surface area (Å²) >= 11 is 0. The number of piperidine rings is 1. The summed E-state index contributed by atoms with van der Waals surface area (Å²) in [5.74, 6) is -1.34. The minimum atomic E-state index is -0.983. The number of ether oxygens (including phenoxy) is 4. The fraction of sp³-hybridized carbons (Fsp3) is 0.609. The monoisotopic (exact) mass is 1130 g/mol. The van der Waals surface area contributed by atoms with Gasteiger partial charge in [-0.05, 0) is 139 Å². The summed E-state index contributed by atoms with van der Waals surface area (Å²) in [5, 5.41) is 15.0. The maximum Gasteiger partial charge on any atom is 0.264 e. The highest BCUT2D eigenvalue weighted by Gasteiger charge is 2.47. The first-order chi connectivity index (χ1) is 40.0. The van der Waals surface area contributed by atoms with E-state index < -0.39 is 53.9 Å². The molecule has 0 bridgehead atoms. The number of nitrogens with zero attached hydrogens (tertiary/aromatic N) is 2. The fourth-order valence-corrected chi connectivity index (χ4v) is 12.2. The normalized spacial score (nSPS) is 20.7. The number of carbonyl (C=O) groups excluding carboxylic acids is 7. The van der Waals surface area contributed by atoms with Crippen LogP contribution in [0.25, 0.3) is 0 Å². The maximum atomic E-state index is 14.8. The van der Waals surface area contributed by atoms with Crippen molar-refractivity contribution in [3.8, 4) is 11.5 Å². The number of nitrogens with one attached hydrogen (secondary N) is 5. The van der Waals surface area contributed by atoms with E-state index in [1.165, 1.54) is 5.56 Å². The van der Waals surface area contributed by atoms with Gasteiger partial charge in [-0.2, -0.15) is 0 Å². The van der Waals surface area contributed by atoms with Crippen molar-refractivity contribution in [1.82, 2.24) is 31.1 Å². The first-order valence-electron chi connectivity index (χ1n) is 30.8. The second-order valence-electron chi connectivity index (χ2n) is 22.9. The fourth-order valence-electron chi connectivity index (χ4n) is 12.2. The van der Waals surface area contributed by atoms with Gasteiger partial charge in [0.15, 0.2) is 0 Å². The van der Waals surface area contributed by atoms with Gasteiger partial charge in [0.1, 0.15) is 35.7 Å². The summed E-state index contributed by atoms with van der Waals surface area (Å²) in [6.07, 6.45) is 20.0. The van der Waals surface area contributed by atoms with E-state index in [4.69, 9.17) is 18.9 Å². The van der Waals surface area contributed by atoms with Gasteiger partial charge in [0.2, 0.25) is 29.5 Å². The molecule has 0 aromatic heterocycles. The molecular weight excluding hydrogens is 1040 g/mol. The number of imide groups is 2. The number of aryl methyl sites for hydroxylation is 1. The minimum absolute atomic E-state index is 0.00646. The Bertz CT molecular complexity index is 2630. The molecule has 2 aliphatic carbocycles. The number of rotatable bonds is 33. The van der Waals surface area contributed by atoms with Crippen molar-refractivity contribution >= 4 is 47.0 Å². The van der Waals surface area contributed by atoms with Gasteiger partial charge in [-0.1, -0.05) is 87.8 Å². The van der Waals surface area contributed by atoms with Crippen LogP contribution in [0.4, 0.5) is 5.69 Å². The van der Waals surface area contributed by atoms with Crippen LogP contribution in [0.1, 0.15) is 186 Å². The summed E-state index contributed by atoms with van der Waals surface area (Å²) in [5.41, 5.74) is 3.52. The summed E-state index contributed by atoms with van der Waals surface area (Å²) in [6.45, 7) is 6.26. The smallest absolute Gasteiger partial charge is 0.264 e. The Labute approximate surface area is 484 Å². The number of unbranched alkanes of at least 4 members (excludes halogenated alkanes) is 9. The molecule has 3 heterocycles. The molecule has 1 unspecified atom stereocenters. The molecule has 3 aromatic carbocycles. The lowest BCUT2D eigenvalue weighted by Gasteiger charge is -2.35. The lowest BCUT2D eigenvalue weighted by Crippen LogP contribution is -2.58. The number of hydrogen-bond donors (Lipinski definition) is 5. The SMILES string of the molecule is CN[C@@H](C)C(=O)N[C@H](C(=O)N1C[C@@H](Oc2cccc(OCCCCCCOCCCCCCOCCCCCCNc3cccc4c3C(=O)N(C3CCC(=O)NC3=O)C4=O)c2)C[C@H]1C(=O)N[C@@H]1CCCc2ccccc21)C1CCCCC1. The average molecular weight is 1130 g/mol. The Morgan fingerprint density at radius 2 is 1.37 bits per heavy atom. The van der Waals surface area contributed by atoms with E-state index in [2.05, 4.69) is 38.7 Å². The molecule has 0 radical (unpaired) electrons. The summed E-state index contributed by atoms with van der Waals surface area (Å²) in [4.78, 5) is 95.6. The van der Waals surface area contributed by atoms with Crippen LogP contribution in [0, 0.1) is 5.92 Å². The first-order valence-corrected chi connectivity index (χ1v) is 30.8. The highest BCUT2D eigenvalue weighted by atomic mass is 16.5. The number of anilines is 1. The third-order valence-electron chi connectivity index (χ3n) is 16.9. The number of hydrogen-bond acceptors (Lipinski definition) is 13. The van der Waals surface area contributed by atoms with Gasteiger partial charge in [0, 0.05) is 57.6 Å². The zero-order valence-corrected chi connectivity index (χ0v) is 48.5. The number of likely N-dealkylation sites (N-methyl/N-ethyl adjacent to an activating group) is 1. The van der Waals surface area contributed by atoms with Crippen molar-refractivity contribution < 1.29 is 52.5 Å². The zero-order valence-electron chi connectivity index (χ0n) is 48.5. The number of fused-ring (bicyclic) bond motifs is 2. The van der Waals surface area contributed by atoms with E-state index >= 15 is 0 Å². The van der Waals surface area contributed by atoms with Crippen molar-refractivity contribution in [3.63, 3.8) is 0 Å². The summed E-state index contributed by atoms with van der Waals surface area (Å²) < 4.78 is 24.5. The van der Waals surface area contributed by atoms with Crippen molar-refractivity contribution in [2.75, 3.05) is 58.5 Å². The van der Waals surface area contributed by atoms with Crippen LogP contribution in [0.2, 0.25) is 0 Å². The van der Waals surface area contributed by atoms with Crippen LogP contribution >= 0.6 is 0 Å². The molecular formula is C64H89N7O11. The molecule has 6 atom stereocenters. The highest BCUT2D eigenvalue weighted by Crippen LogP contribution is 2.35. The predicted octanol–water partition coefficient (Wildman–Crippen LogP) is 8.51. The zero-order chi connectivity index (χ0) is 57.6. The molecule has 5 aliphatic rings. The van der Waals surface area contributed by atoms with Gasteiger partial charge in [-0.3, -0.25) is 43.8 Å². The predicted molar refractivity (Wildman–Crippen MR) is 312 cm³/mol. The lowest BCUT2D eigenvalue weighted by molar-refractivity contribution is -0.143. The van der Waals surface area contributed by atoms with Crippen LogP contribution in [0.15, 0.2) is 66.7 Å². The van der Waals surface area contributed by atoms with Crippen LogP contribution < -0.4 is 36.1 Å². The Morgan fingerprint density at radius 3 is 2.07 bits per heavy atom. The van der Waals surface area contributed by atoms with E-state index in [9.17, 15) is 33.6 Å². The molecule has 18 nitrogen and oxygen atoms in total. The quantitative estimate of drug-likeness (QED) is 0.0285.